The second-order valence-corrected chi connectivity index (χ2v) is 4.68. The van der Waals surface area contributed by atoms with Crippen molar-refractivity contribution in [3.05, 3.63) is 29.1 Å². The molecule has 1 N–H and O–H groups in total. The molecule has 0 spiro atoms. The van der Waals surface area contributed by atoms with Gasteiger partial charge in [-0.1, -0.05) is 6.92 Å². The van der Waals surface area contributed by atoms with Crippen molar-refractivity contribution in [2.45, 2.75) is 25.9 Å². The molecule has 2 heterocycles. The number of pyridine rings is 1. The maximum absolute atomic E-state index is 12.1. The van der Waals surface area contributed by atoms with Crippen molar-refractivity contribution in [1.29, 1.82) is 5.26 Å². The Morgan fingerprint density at radius 3 is 2.78 bits per heavy atom. The van der Waals surface area contributed by atoms with Gasteiger partial charge in [-0.3, -0.25) is 4.79 Å². The highest BCUT2D eigenvalue weighted by atomic mass is 16.3. The Kier molecular flexibility index (Phi) is 3.05. The first-order valence-electron chi connectivity index (χ1n) is 5.88. The first-order chi connectivity index (χ1) is 8.49. The summed E-state index contributed by atoms with van der Waals surface area (Å²) in [5.41, 5.74) is 0.608. The van der Waals surface area contributed by atoms with Gasteiger partial charge in [-0.05, 0) is 25.5 Å². The second-order valence-electron chi connectivity index (χ2n) is 4.68. The number of amides is 1. The Morgan fingerprint density at radius 1 is 1.61 bits per heavy atom. The van der Waals surface area contributed by atoms with Crippen molar-refractivity contribution in [2.75, 3.05) is 13.1 Å². The fourth-order valence-electron chi connectivity index (χ4n) is 1.99. The lowest BCUT2D eigenvalue weighted by Gasteiger charge is -2.45. The Bertz CT molecular complexity index is 528. The molecule has 0 unspecified atom stereocenters. The van der Waals surface area contributed by atoms with E-state index in [9.17, 15) is 9.90 Å². The fourth-order valence-corrected chi connectivity index (χ4v) is 1.99. The van der Waals surface area contributed by atoms with Crippen LogP contribution in [-0.4, -0.2) is 39.6 Å². The number of carbonyl (C=O) groups excluding carboxylic acids is 1. The number of nitriles is 1. The maximum atomic E-state index is 12.1. The van der Waals surface area contributed by atoms with Crippen LogP contribution in [0.1, 0.15) is 35.1 Å². The maximum Gasteiger partial charge on any atom is 0.272 e. The Hall–Kier alpha value is -1.93. The average Bonchev–Trinajstić information content (AvgIpc) is 2.34. The van der Waals surface area contributed by atoms with Crippen LogP contribution >= 0.6 is 0 Å². The minimum absolute atomic E-state index is 0.194. The third kappa shape index (κ3) is 2.07. The smallest absolute Gasteiger partial charge is 0.272 e. The number of β-amino-alcohol motifs (C(OH)–C–C–N with tert-alkyl or cyclic N) is 1. The Morgan fingerprint density at radius 2 is 2.28 bits per heavy atom. The molecule has 5 nitrogen and oxygen atoms in total. The molecule has 1 amide bonds. The number of hydrogen-bond acceptors (Lipinski definition) is 4. The number of aromatic nitrogens is 1. The molecule has 0 aromatic carbocycles. The second kappa shape index (κ2) is 4.39. The van der Waals surface area contributed by atoms with Crippen molar-refractivity contribution in [3.8, 4) is 6.07 Å². The van der Waals surface area contributed by atoms with Crippen molar-refractivity contribution < 1.29 is 9.90 Å². The van der Waals surface area contributed by atoms with Gasteiger partial charge in [0.25, 0.3) is 5.91 Å². The summed E-state index contributed by atoms with van der Waals surface area (Å²) in [7, 11) is 0. The highest BCUT2D eigenvalue weighted by Crippen LogP contribution is 2.25. The summed E-state index contributed by atoms with van der Waals surface area (Å²) in [5.74, 6) is -0.194. The summed E-state index contributed by atoms with van der Waals surface area (Å²) in [6, 6.07) is 5.16. The lowest BCUT2D eigenvalue weighted by atomic mass is 9.91. The molecule has 1 aliphatic rings. The molecule has 1 aliphatic heterocycles. The Balaban J connectivity index is 2.12. The van der Waals surface area contributed by atoms with Gasteiger partial charge in [0.15, 0.2) is 0 Å². The Labute approximate surface area is 106 Å². The normalized spacial score (nSPS) is 16.9. The summed E-state index contributed by atoms with van der Waals surface area (Å²) in [4.78, 5) is 17.7. The predicted molar refractivity (Wildman–Crippen MR) is 64.8 cm³/mol. The van der Waals surface area contributed by atoms with E-state index < -0.39 is 5.60 Å². The zero-order chi connectivity index (χ0) is 13.3. The van der Waals surface area contributed by atoms with E-state index in [2.05, 4.69) is 4.98 Å². The van der Waals surface area contributed by atoms with Crippen molar-refractivity contribution in [2.24, 2.45) is 0 Å². The first kappa shape index (κ1) is 12.5. The molecule has 5 heteroatoms. The van der Waals surface area contributed by atoms with Gasteiger partial charge in [0.2, 0.25) is 0 Å². The largest absolute Gasteiger partial charge is 0.386 e. The number of aryl methyl sites for hydroxylation is 1. The van der Waals surface area contributed by atoms with Crippen LogP contribution in [0.3, 0.4) is 0 Å². The van der Waals surface area contributed by atoms with Gasteiger partial charge in [0.05, 0.1) is 29.9 Å². The van der Waals surface area contributed by atoms with E-state index in [4.69, 9.17) is 5.26 Å². The number of likely N-dealkylation sites (tertiary alicyclic amines) is 1. The van der Waals surface area contributed by atoms with E-state index in [1.54, 1.807) is 24.0 Å². The van der Waals surface area contributed by atoms with Crippen LogP contribution in [-0.2, 0) is 0 Å². The molecular weight excluding hydrogens is 230 g/mol. The van der Waals surface area contributed by atoms with E-state index in [0.29, 0.717) is 36.5 Å². The quantitative estimate of drug-likeness (QED) is 0.838. The fraction of sp³-hybridized carbons (Fsp3) is 0.462. The van der Waals surface area contributed by atoms with Crippen LogP contribution in [0.4, 0.5) is 0 Å². The van der Waals surface area contributed by atoms with Gasteiger partial charge < -0.3 is 10.0 Å². The minimum atomic E-state index is -0.739. The zero-order valence-corrected chi connectivity index (χ0v) is 10.5. The SMILES string of the molecule is CCC1(O)CN(C(=O)c2ccc(C#N)c(C)n2)C1. The summed E-state index contributed by atoms with van der Waals surface area (Å²) >= 11 is 0. The minimum Gasteiger partial charge on any atom is -0.386 e. The van der Waals surface area contributed by atoms with Crippen LogP contribution < -0.4 is 0 Å². The van der Waals surface area contributed by atoms with Gasteiger partial charge in [0.1, 0.15) is 11.8 Å². The average molecular weight is 245 g/mol. The van der Waals surface area contributed by atoms with Gasteiger partial charge in [-0.2, -0.15) is 5.26 Å². The van der Waals surface area contributed by atoms with Crippen molar-refractivity contribution in [1.82, 2.24) is 9.88 Å². The zero-order valence-electron chi connectivity index (χ0n) is 10.5. The molecular formula is C13H15N3O2. The topological polar surface area (TPSA) is 77.2 Å². The monoisotopic (exact) mass is 245 g/mol. The summed E-state index contributed by atoms with van der Waals surface area (Å²) in [6.07, 6.45) is 0.636. The summed E-state index contributed by atoms with van der Waals surface area (Å²) in [5, 5.41) is 18.7. The lowest BCUT2D eigenvalue weighted by molar-refractivity contribution is -0.0828. The van der Waals surface area contributed by atoms with Crippen LogP contribution in [0.15, 0.2) is 12.1 Å². The van der Waals surface area contributed by atoms with E-state index in [1.165, 1.54) is 0 Å². The summed E-state index contributed by atoms with van der Waals surface area (Å²) < 4.78 is 0. The molecule has 1 fully saturated rings. The third-order valence-electron chi connectivity index (χ3n) is 3.34. The van der Waals surface area contributed by atoms with Gasteiger partial charge in [0, 0.05) is 0 Å². The third-order valence-corrected chi connectivity index (χ3v) is 3.34. The number of carbonyl (C=O) groups is 1. The molecule has 2 rings (SSSR count). The first-order valence-corrected chi connectivity index (χ1v) is 5.88. The molecule has 0 saturated carbocycles. The molecule has 1 aromatic heterocycles. The van der Waals surface area contributed by atoms with Crippen molar-refractivity contribution in [3.63, 3.8) is 0 Å². The van der Waals surface area contributed by atoms with Crippen LogP contribution in [0.25, 0.3) is 0 Å². The molecule has 0 radical (unpaired) electrons. The van der Waals surface area contributed by atoms with Gasteiger partial charge >= 0.3 is 0 Å². The number of aliphatic hydroxyl groups is 1. The number of hydrogen-bond donors (Lipinski definition) is 1. The molecule has 1 saturated heterocycles. The van der Waals surface area contributed by atoms with E-state index >= 15 is 0 Å². The van der Waals surface area contributed by atoms with Crippen LogP contribution in [0, 0.1) is 18.3 Å². The molecule has 0 aliphatic carbocycles. The highest BCUT2D eigenvalue weighted by Gasteiger charge is 2.42. The molecule has 0 atom stereocenters. The molecule has 0 bridgehead atoms. The highest BCUT2D eigenvalue weighted by molar-refractivity contribution is 5.93. The number of rotatable bonds is 2. The predicted octanol–water partition coefficient (Wildman–Crippen LogP) is 0.859. The van der Waals surface area contributed by atoms with E-state index in [1.807, 2.05) is 13.0 Å². The lowest BCUT2D eigenvalue weighted by Crippen LogP contribution is -2.63. The van der Waals surface area contributed by atoms with Crippen LogP contribution in [0.5, 0.6) is 0 Å². The van der Waals surface area contributed by atoms with Crippen LogP contribution in [0.2, 0.25) is 0 Å². The van der Waals surface area contributed by atoms with Gasteiger partial charge in [-0.15, -0.1) is 0 Å². The van der Waals surface area contributed by atoms with Gasteiger partial charge in [-0.25, -0.2) is 4.98 Å². The van der Waals surface area contributed by atoms with E-state index in [0.717, 1.165) is 0 Å². The molecule has 18 heavy (non-hydrogen) atoms. The van der Waals surface area contributed by atoms with Crippen molar-refractivity contribution >= 4 is 5.91 Å². The molecule has 1 aromatic rings. The standard InChI is InChI=1S/C13H15N3O2/c1-3-13(18)7-16(8-13)12(17)11-5-4-10(6-14)9(2)15-11/h4-5,18H,3,7-8H2,1-2H3. The summed E-state index contributed by atoms with van der Waals surface area (Å²) in [6.45, 7) is 4.30. The number of nitrogens with zero attached hydrogens (tertiary/aromatic N) is 3. The molecule has 94 valence electrons. The van der Waals surface area contributed by atoms with E-state index in [-0.39, 0.29) is 5.91 Å².